The monoisotopic (exact) mass is 363 g/mol. The molecule has 4 rings (SSSR count). The van der Waals surface area contributed by atoms with E-state index < -0.39 is 17.2 Å². The second-order valence-electron chi connectivity index (χ2n) is 5.89. The number of aromatic carboxylic acids is 1. The van der Waals surface area contributed by atoms with E-state index in [4.69, 9.17) is 4.42 Å². The summed E-state index contributed by atoms with van der Waals surface area (Å²) in [5, 5.41) is 27.4. The highest BCUT2D eigenvalue weighted by atomic mass is 16.4. The minimum absolute atomic E-state index is 0.0203. The Hall–Kier alpha value is -3.94. The van der Waals surface area contributed by atoms with Gasteiger partial charge in [-0.3, -0.25) is 9.36 Å². The lowest BCUT2D eigenvalue weighted by atomic mass is 10.1. The van der Waals surface area contributed by atoms with Crippen molar-refractivity contribution in [2.75, 3.05) is 0 Å². The second-order valence-corrected chi connectivity index (χ2v) is 5.89. The SMILES string of the molecule is Cc1c(O)ccc2c(=O)c(-c3nncn3-c3ccccc3)c(C(=O)O)oc12. The lowest BCUT2D eigenvalue weighted by Gasteiger charge is -2.10. The molecule has 0 aliphatic heterocycles. The number of aryl methyl sites for hydroxylation is 1. The fraction of sp³-hybridized carbons (Fsp3) is 0.0526. The van der Waals surface area contributed by atoms with Crippen LogP contribution in [0.1, 0.15) is 16.1 Å². The van der Waals surface area contributed by atoms with Crippen LogP contribution in [0.5, 0.6) is 5.75 Å². The van der Waals surface area contributed by atoms with Gasteiger partial charge in [0.25, 0.3) is 0 Å². The average molecular weight is 363 g/mol. The molecule has 0 aliphatic carbocycles. The second kappa shape index (κ2) is 6.10. The van der Waals surface area contributed by atoms with Crippen LogP contribution in [0.4, 0.5) is 0 Å². The van der Waals surface area contributed by atoms with E-state index in [-0.39, 0.29) is 33.7 Å². The first kappa shape index (κ1) is 16.5. The van der Waals surface area contributed by atoms with E-state index in [1.54, 1.807) is 31.2 Å². The molecule has 0 saturated carbocycles. The van der Waals surface area contributed by atoms with Crippen molar-refractivity contribution in [2.24, 2.45) is 0 Å². The first-order chi connectivity index (χ1) is 13.0. The molecule has 0 fully saturated rings. The summed E-state index contributed by atoms with van der Waals surface area (Å²) in [6.45, 7) is 1.54. The predicted octanol–water partition coefficient (Wildman–Crippen LogP) is 2.75. The Morgan fingerprint density at radius 3 is 2.59 bits per heavy atom. The first-order valence-electron chi connectivity index (χ1n) is 7.97. The Morgan fingerprint density at radius 2 is 1.89 bits per heavy atom. The number of carboxylic acids is 1. The quantitative estimate of drug-likeness (QED) is 0.574. The van der Waals surface area contributed by atoms with Crippen LogP contribution in [0.25, 0.3) is 28.0 Å². The molecule has 2 heterocycles. The van der Waals surface area contributed by atoms with E-state index in [1.807, 2.05) is 6.07 Å². The third-order valence-corrected chi connectivity index (χ3v) is 4.28. The van der Waals surface area contributed by atoms with Gasteiger partial charge in [-0.25, -0.2) is 4.79 Å². The minimum atomic E-state index is -1.42. The van der Waals surface area contributed by atoms with Gasteiger partial charge >= 0.3 is 5.97 Å². The molecule has 0 atom stereocenters. The van der Waals surface area contributed by atoms with Crippen molar-refractivity contribution in [1.82, 2.24) is 14.8 Å². The summed E-state index contributed by atoms with van der Waals surface area (Å²) in [7, 11) is 0. The third kappa shape index (κ3) is 2.54. The molecular formula is C19H13N3O5. The largest absolute Gasteiger partial charge is 0.508 e. The number of rotatable bonds is 3. The van der Waals surface area contributed by atoms with Gasteiger partial charge in [0.05, 0.1) is 5.39 Å². The highest BCUT2D eigenvalue weighted by molar-refractivity contribution is 5.96. The number of hydrogen-bond donors (Lipinski definition) is 2. The molecule has 2 aromatic heterocycles. The van der Waals surface area contributed by atoms with Crippen molar-refractivity contribution in [3.05, 3.63) is 70.3 Å². The number of aromatic nitrogens is 3. The number of carboxylic acid groups (broad SMARTS) is 1. The van der Waals surface area contributed by atoms with Crippen LogP contribution in [-0.2, 0) is 0 Å². The van der Waals surface area contributed by atoms with Crippen LogP contribution in [0.2, 0.25) is 0 Å². The van der Waals surface area contributed by atoms with Crippen LogP contribution in [0.3, 0.4) is 0 Å². The van der Waals surface area contributed by atoms with Crippen molar-refractivity contribution in [3.8, 4) is 22.8 Å². The third-order valence-electron chi connectivity index (χ3n) is 4.28. The van der Waals surface area contributed by atoms with Crippen LogP contribution in [0.15, 0.2) is 58.0 Å². The summed E-state index contributed by atoms with van der Waals surface area (Å²) >= 11 is 0. The highest BCUT2D eigenvalue weighted by Gasteiger charge is 2.26. The molecular weight excluding hydrogens is 350 g/mol. The fourth-order valence-electron chi connectivity index (χ4n) is 2.92. The normalized spacial score (nSPS) is 11.0. The number of para-hydroxylation sites is 1. The zero-order valence-electron chi connectivity index (χ0n) is 14.1. The van der Waals surface area contributed by atoms with E-state index >= 15 is 0 Å². The number of phenolic OH excluding ortho intramolecular Hbond substituents is 1. The highest BCUT2D eigenvalue weighted by Crippen LogP contribution is 2.30. The molecule has 0 saturated heterocycles. The predicted molar refractivity (Wildman–Crippen MR) is 96.2 cm³/mol. The van der Waals surface area contributed by atoms with Gasteiger partial charge in [0.15, 0.2) is 5.82 Å². The molecule has 0 amide bonds. The maximum Gasteiger partial charge on any atom is 0.372 e. The lowest BCUT2D eigenvalue weighted by molar-refractivity contribution is 0.0664. The summed E-state index contributed by atoms with van der Waals surface area (Å²) < 4.78 is 7.03. The van der Waals surface area contributed by atoms with Crippen LogP contribution in [-0.4, -0.2) is 30.9 Å². The molecule has 2 aromatic carbocycles. The van der Waals surface area contributed by atoms with Gasteiger partial charge in [-0.1, -0.05) is 18.2 Å². The number of aromatic hydroxyl groups is 1. The van der Waals surface area contributed by atoms with Gasteiger partial charge in [-0.05, 0) is 31.2 Å². The number of hydrogen-bond acceptors (Lipinski definition) is 6. The Bertz CT molecular complexity index is 1240. The number of carbonyl (C=O) groups is 1. The van der Waals surface area contributed by atoms with Crippen LogP contribution >= 0.6 is 0 Å². The summed E-state index contributed by atoms with van der Waals surface area (Å²) in [5.41, 5.74) is 0.189. The first-order valence-corrected chi connectivity index (χ1v) is 7.97. The molecule has 0 spiro atoms. The molecule has 8 nitrogen and oxygen atoms in total. The van der Waals surface area contributed by atoms with Gasteiger partial charge in [0, 0.05) is 11.3 Å². The Labute approximate surface area is 152 Å². The number of phenols is 1. The fourth-order valence-corrected chi connectivity index (χ4v) is 2.92. The van der Waals surface area contributed by atoms with Crippen LogP contribution in [0, 0.1) is 6.92 Å². The van der Waals surface area contributed by atoms with Gasteiger partial charge in [-0.2, -0.15) is 0 Å². The maximum absolute atomic E-state index is 13.1. The number of benzene rings is 2. The van der Waals surface area contributed by atoms with Crippen molar-refractivity contribution < 1.29 is 19.4 Å². The van der Waals surface area contributed by atoms with Crippen molar-refractivity contribution in [3.63, 3.8) is 0 Å². The molecule has 27 heavy (non-hydrogen) atoms. The summed E-state index contributed by atoms with van der Waals surface area (Å²) in [5.74, 6) is -2.03. The van der Waals surface area contributed by atoms with E-state index in [2.05, 4.69) is 10.2 Å². The van der Waals surface area contributed by atoms with E-state index in [1.165, 1.54) is 23.0 Å². The van der Waals surface area contributed by atoms with Gasteiger partial charge in [0.2, 0.25) is 11.2 Å². The summed E-state index contributed by atoms with van der Waals surface area (Å²) in [6, 6.07) is 11.7. The molecule has 2 N–H and O–H groups in total. The molecule has 0 aliphatic rings. The topological polar surface area (TPSA) is 118 Å². The average Bonchev–Trinajstić information content (AvgIpc) is 3.14. The Morgan fingerprint density at radius 1 is 1.15 bits per heavy atom. The van der Waals surface area contributed by atoms with Crippen molar-refractivity contribution >= 4 is 16.9 Å². The Kier molecular flexibility index (Phi) is 3.73. The van der Waals surface area contributed by atoms with E-state index in [0.717, 1.165) is 0 Å². The molecule has 0 unspecified atom stereocenters. The van der Waals surface area contributed by atoms with Crippen molar-refractivity contribution in [1.29, 1.82) is 0 Å². The smallest absolute Gasteiger partial charge is 0.372 e. The lowest BCUT2D eigenvalue weighted by Crippen LogP contribution is -2.15. The minimum Gasteiger partial charge on any atom is -0.508 e. The molecule has 0 radical (unpaired) electrons. The zero-order chi connectivity index (χ0) is 19.1. The molecule has 4 aromatic rings. The zero-order valence-corrected chi connectivity index (χ0v) is 14.1. The molecule has 0 bridgehead atoms. The molecule has 134 valence electrons. The van der Waals surface area contributed by atoms with Gasteiger partial charge in [-0.15, -0.1) is 10.2 Å². The standard InChI is InChI=1S/C19H13N3O5/c1-10-13(23)8-7-12-15(24)14(17(19(25)26)27-16(10)12)18-21-20-9-22(18)11-5-3-2-4-6-11/h2-9,23H,1H3,(H,25,26). The Balaban J connectivity index is 2.10. The van der Waals surface area contributed by atoms with E-state index in [9.17, 15) is 19.8 Å². The summed E-state index contributed by atoms with van der Waals surface area (Å²) in [6.07, 6.45) is 1.39. The van der Waals surface area contributed by atoms with E-state index in [0.29, 0.717) is 5.69 Å². The van der Waals surface area contributed by atoms with Crippen LogP contribution < -0.4 is 5.43 Å². The number of fused-ring (bicyclic) bond motifs is 1. The van der Waals surface area contributed by atoms with Gasteiger partial charge < -0.3 is 14.6 Å². The molecule has 8 heteroatoms. The van der Waals surface area contributed by atoms with Gasteiger partial charge in [0.1, 0.15) is 23.2 Å². The summed E-state index contributed by atoms with van der Waals surface area (Å²) in [4.78, 5) is 24.9. The number of nitrogens with zero attached hydrogens (tertiary/aromatic N) is 3. The van der Waals surface area contributed by atoms with Crippen molar-refractivity contribution in [2.45, 2.75) is 6.92 Å². The maximum atomic E-state index is 13.1.